The van der Waals surface area contributed by atoms with Crippen LogP contribution in [0.2, 0.25) is 5.02 Å². The Labute approximate surface area is 163 Å². The Balaban J connectivity index is 2.07. The van der Waals surface area contributed by atoms with Crippen LogP contribution in [0.5, 0.6) is 5.75 Å². The number of aliphatic hydroxyl groups is 1. The van der Waals surface area contributed by atoms with Gasteiger partial charge in [-0.25, -0.2) is 14.2 Å². The molecule has 0 saturated heterocycles. The Kier molecular flexibility index (Phi) is 5.53. The van der Waals surface area contributed by atoms with Crippen molar-refractivity contribution < 1.29 is 24.1 Å². The molecule has 3 rings (SSSR count). The molecule has 1 aliphatic rings. The lowest BCUT2D eigenvalue weighted by Crippen LogP contribution is -2.10. The maximum absolute atomic E-state index is 13.5. The van der Waals surface area contributed by atoms with E-state index in [1.54, 1.807) is 24.3 Å². The van der Waals surface area contributed by atoms with Crippen LogP contribution in [-0.4, -0.2) is 28.3 Å². The van der Waals surface area contributed by atoms with Crippen LogP contribution in [0.1, 0.15) is 5.56 Å². The van der Waals surface area contributed by atoms with Crippen LogP contribution in [0, 0.1) is 5.82 Å². The smallest absolute Gasteiger partial charge is 0.344 e. The standard InChI is InChI=1S/C19H13ClFNO4S/c1-26-19(25)15-17(24)14(9-10-3-2-4-13(21)16(10)23)27-18(15)22-12-7-5-11(20)6-8-12/h2-9,23-24H,1H3/b14-9+,22-18?. The van der Waals surface area contributed by atoms with E-state index in [0.29, 0.717) is 10.7 Å². The fraction of sp³-hybridized carbons (Fsp3) is 0.0526. The number of phenols is 1. The summed E-state index contributed by atoms with van der Waals surface area (Å²) in [6, 6.07) is 10.6. The van der Waals surface area contributed by atoms with E-state index in [0.717, 1.165) is 17.8 Å². The van der Waals surface area contributed by atoms with E-state index in [4.69, 9.17) is 16.3 Å². The Bertz CT molecular complexity index is 999. The molecule has 0 spiro atoms. The number of esters is 1. The average molecular weight is 406 g/mol. The molecule has 1 heterocycles. The Hall–Kier alpha value is -2.77. The van der Waals surface area contributed by atoms with Gasteiger partial charge in [-0.1, -0.05) is 35.5 Å². The number of aliphatic hydroxyl groups excluding tert-OH is 1. The molecule has 0 aliphatic carbocycles. The summed E-state index contributed by atoms with van der Waals surface area (Å²) in [6.45, 7) is 0. The molecule has 0 bridgehead atoms. The molecule has 8 heteroatoms. The van der Waals surface area contributed by atoms with Crippen molar-refractivity contribution in [2.75, 3.05) is 7.11 Å². The summed E-state index contributed by atoms with van der Waals surface area (Å²) in [5.41, 5.74) is 0.562. The average Bonchev–Trinajstić information content (AvgIpc) is 2.95. The predicted molar refractivity (Wildman–Crippen MR) is 104 cm³/mol. The highest BCUT2D eigenvalue weighted by molar-refractivity contribution is 8.18. The predicted octanol–water partition coefficient (Wildman–Crippen LogP) is 4.99. The molecule has 138 valence electrons. The highest BCUT2D eigenvalue weighted by Gasteiger charge is 2.33. The lowest BCUT2D eigenvalue weighted by molar-refractivity contribution is -0.135. The number of hydrogen-bond acceptors (Lipinski definition) is 6. The SMILES string of the molecule is COC(=O)C1=C(O)/C(=C\c2cccc(F)c2O)SC1=Nc1ccc(Cl)cc1. The molecule has 0 amide bonds. The zero-order valence-corrected chi connectivity index (χ0v) is 15.5. The number of halogens is 2. The number of para-hydroxylation sites is 1. The van der Waals surface area contributed by atoms with Gasteiger partial charge >= 0.3 is 5.97 Å². The van der Waals surface area contributed by atoms with Crippen molar-refractivity contribution in [1.29, 1.82) is 0 Å². The maximum atomic E-state index is 13.5. The normalized spacial score (nSPS) is 17.0. The third-order valence-electron chi connectivity index (χ3n) is 3.64. The van der Waals surface area contributed by atoms with Crippen LogP contribution in [0.15, 0.2) is 63.7 Å². The van der Waals surface area contributed by atoms with E-state index in [2.05, 4.69) is 4.99 Å². The first-order valence-electron chi connectivity index (χ1n) is 7.64. The number of benzene rings is 2. The fourth-order valence-electron chi connectivity index (χ4n) is 2.31. The summed E-state index contributed by atoms with van der Waals surface area (Å²) in [5, 5.41) is 21.1. The minimum absolute atomic E-state index is 0.111. The molecule has 0 atom stereocenters. The van der Waals surface area contributed by atoms with Gasteiger partial charge in [0.25, 0.3) is 0 Å². The van der Waals surface area contributed by atoms with Crippen molar-refractivity contribution >= 4 is 46.1 Å². The number of aromatic hydroxyl groups is 1. The molecular formula is C19H13ClFNO4S. The number of methoxy groups -OCH3 is 1. The lowest BCUT2D eigenvalue weighted by Gasteiger charge is -2.02. The second-order valence-corrected chi connectivity index (χ2v) is 6.86. The number of hydrogen-bond donors (Lipinski definition) is 2. The molecule has 27 heavy (non-hydrogen) atoms. The second-order valence-electron chi connectivity index (χ2n) is 5.40. The van der Waals surface area contributed by atoms with Crippen LogP contribution in [-0.2, 0) is 9.53 Å². The number of aliphatic imine (C=N–C) groups is 1. The van der Waals surface area contributed by atoms with Crippen molar-refractivity contribution in [3.63, 3.8) is 0 Å². The molecule has 0 unspecified atom stereocenters. The maximum Gasteiger partial charge on any atom is 0.344 e. The van der Waals surface area contributed by atoms with E-state index in [-0.39, 0.29) is 26.8 Å². The number of thioether (sulfide) groups is 1. The number of rotatable bonds is 3. The van der Waals surface area contributed by atoms with Gasteiger partial charge in [-0.3, -0.25) is 0 Å². The van der Waals surface area contributed by atoms with Crippen molar-refractivity contribution in [2.45, 2.75) is 0 Å². The quantitative estimate of drug-likeness (QED) is 0.703. The van der Waals surface area contributed by atoms with E-state index < -0.39 is 17.5 Å². The van der Waals surface area contributed by atoms with Crippen LogP contribution >= 0.6 is 23.4 Å². The topological polar surface area (TPSA) is 79.1 Å². The summed E-state index contributed by atoms with van der Waals surface area (Å²) in [7, 11) is 1.19. The van der Waals surface area contributed by atoms with Gasteiger partial charge in [0.15, 0.2) is 11.6 Å². The molecule has 1 aliphatic heterocycles. The van der Waals surface area contributed by atoms with Crippen LogP contribution < -0.4 is 0 Å². The highest BCUT2D eigenvalue weighted by Crippen LogP contribution is 2.41. The van der Waals surface area contributed by atoms with Gasteiger partial charge in [-0.15, -0.1) is 0 Å². The minimum Gasteiger partial charge on any atom is -0.506 e. The summed E-state index contributed by atoms with van der Waals surface area (Å²) >= 11 is 6.85. The molecule has 5 nitrogen and oxygen atoms in total. The number of carbonyl (C=O) groups is 1. The molecular weight excluding hydrogens is 393 g/mol. The summed E-state index contributed by atoms with van der Waals surface area (Å²) < 4.78 is 18.3. The number of ether oxygens (including phenoxy) is 1. The van der Waals surface area contributed by atoms with Gasteiger partial charge in [0, 0.05) is 10.6 Å². The first-order valence-corrected chi connectivity index (χ1v) is 8.83. The lowest BCUT2D eigenvalue weighted by atomic mass is 10.1. The Morgan fingerprint density at radius 1 is 1.22 bits per heavy atom. The second kappa shape index (κ2) is 7.85. The molecule has 2 aromatic rings. The van der Waals surface area contributed by atoms with Gasteiger partial charge in [-0.05, 0) is 36.4 Å². The van der Waals surface area contributed by atoms with Gasteiger partial charge < -0.3 is 14.9 Å². The highest BCUT2D eigenvalue weighted by atomic mass is 35.5. The zero-order valence-electron chi connectivity index (χ0n) is 13.9. The number of nitrogens with zero attached hydrogens (tertiary/aromatic N) is 1. The third-order valence-corrected chi connectivity index (χ3v) is 4.91. The van der Waals surface area contributed by atoms with E-state index in [9.17, 15) is 19.4 Å². The number of phenolic OH excluding ortho intramolecular Hbond substituents is 1. The van der Waals surface area contributed by atoms with Gasteiger partial charge in [0.2, 0.25) is 0 Å². The Morgan fingerprint density at radius 3 is 2.59 bits per heavy atom. The third kappa shape index (κ3) is 3.99. The number of carbonyl (C=O) groups excluding carboxylic acids is 1. The van der Waals surface area contributed by atoms with Crippen LogP contribution in [0.25, 0.3) is 6.08 Å². The monoisotopic (exact) mass is 405 g/mol. The van der Waals surface area contributed by atoms with Crippen molar-refractivity contribution in [3.05, 3.63) is 75.1 Å². The van der Waals surface area contributed by atoms with Crippen molar-refractivity contribution in [1.82, 2.24) is 0 Å². The summed E-state index contributed by atoms with van der Waals surface area (Å²) in [4.78, 5) is 16.7. The van der Waals surface area contributed by atoms with E-state index in [1.807, 2.05) is 0 Å². The zero-order chi connectivity index (χ0) is 19.6. The summed E-state index contributed by atoms with van der Waals surface area (Å²) in [6.07, 6.45) is 1.37. The van der Waals surface area contributed by atoms with Crippen LogP contribution in [0.4, 0.5) is 10.1 Å². The van der Waals surface area contributed by atoms with Crippen LogP contribution in [0.3, 0.4) is 0 Å². The molecule has 0 radical (unpaired) electrons. The Morgan fingerprint density at radius 2 is 1.93 bits per heavy atom. The van der Waals surface area contributed by atoms with Crippen molar-refractivity contribution in [2.24, 2.45) is 4.99 Å². The molecule has 0 aromatic heterocycles. The fourth-order valence-corrected chi connectivity index (χ4v) is 3.47. The molecule has 0 fully saturated rings. The van der Waals surface area contributed by atoms with E-state index in [1.165, 1.54) is 25.3 Å². The van der Waals surface area contributed by atoms with E-state index >= 15 is 0 Å². The molecule has 0 saturated carbocycles. The van der Waals surface area contributed by atoms with Crippen molar-refractivity contribution in [3.8, 4) is 5.75 Å². The first-order chi connectivity index (χ1) is 12.9. The van der Waals surface area contributed by atoms with Gasteiger partial charge in [0.1, 0.15) is 16.4 Å². The first kappa shape index (κ1) is 19.0. The largest absolute Gasteiger partial charge is 0.506 e. The van der Waals surface area contributed by atoms with Gasteiger partial charge in [0.05, 0.1) is 17.7 Å². The molecule has 2 aromatic carbocycles. The minimum atomic E-state index is -0.793. The summed E-state index contributed by atoms with van der Waals surface area (Å²) in [5.74, 6) is -2.47. The van der Waals surface area contributed by atoms with Gasteiger partial charge in [-0.2, -0.15) is 0 Å². The molecule has 2 N–H and O–H groups in total.